The largest absolute Gasteiger partial charge is 0.497 e. The summed E-state index contributed by atoms with van der Waals surface area (Å²) >= 11 is 1.37. The summed E-state index contributed by atoms with van der Waals surface area (Å²) in [5.74, 6) is 3.37. The number of thioether (sulfide) groups is 1. The van der Waals surface area contributed by atoms with Gasteiger partial charge in [0.1, 0.15) is 5.75 Å². The van der Waals surface area contributed by atoms with Crippen LogP contribution in [-0.4, -0.2) is 40.0 Å². The van der Waals surface area contributed by atoms with Crippen LogP contribution >= 0.6 is 11.8 Å². The number of hydrogen-bond acceptors (Lipinski definition) is 5. The first-order valence-corrected chi connectivity index (χ1v) is 9.70. The lowest BCUT2D eigenvalue weighted by atomic mass is 10.1. The molecule has 0 radical (unpaired) electrons. The minimum absolute atomic E-state index is 0.0876. The number of rotatable bonds is 8. The number of nitrogens with one attached hydrogen (secondary N) is 2. The third kappa shape index (κ3) is 4.15. The van der Waals surface area contributed by atoms with Crippen molar-refractivity contribution in [2.24, 2.45) is 11.8 Å². The zero-order chi connectivity index (χ0) is 17.2. The van der Waals surface area contributed by atoms with Crippen LogP contribution in [0.2, 0.25) is 0 Å². The van der Waals surface area contributed by atoms with Crippen LogP contribution in [0.3, 0.4) is 0 Å². The van der Waals surface area contributed by atoms with Crippen molar-refractivity contribution in [3.05, 3.63) is 24.3 Å². The van der Waals surface area contributed by atoms with Crippen molar-refractivity contribution in [1.29, 1.82) is 0 Å². The molecule has 2 aromatic rings. The molecule has 7 heteroatoms. The lowest BCUT2D eigenvalue weighted by Gasteiger charge is -2.17. The standard InChI is InChI=1S/C18H22N4O2S/c1-24-14-8-6-13(7-9-14)17-20-18(22-21-17)25-10-15(23)19-16(11-2-3-11)12-4-5-12/h6-9,11-12,16H,2-5,10H2,1H3,(H,19,23)(H,20,21,22). The summed E-state index contributed by atoms with van der Waals surface area (Å²) in [6.45, 7) is 0. The first-order valence-electron chi connectivity index (χ1n) is 8.72. The summed E-state index contributed by atoms with van der Waals surface area (Å²) in [4.78, 5) is 16.7. The van der Waals surface area contributed by atoms with Gasteiger partial charge in [-0.15, -0.1) is 5.10 Å². The maximum atomic E-state index is 12.2. The number of carbonyl (C=O) groups is 1. The van der Waals surface area contributed by atoms with E-state index in [0.29, 0.717) is 34.6 Å². The monoisotopic (exact) mass is 358 g/mol. The van der Waals surface area contributed by atoms with Crippen LogP contribution in [-0.2, 0) is 4.79 Å². The molecule has 4 rings (SSSR count). The molecule has 0 aliphatic heterocycles. The van der Waals surface area contributed by atoms with Gasteiger partial charge in [-0.1, -0.05) is 11.8 Å². The Balaban J connectivity index is 1.30. The maximum Gasteiger partial charge on any atom is 0.230 e. The molecule has 1 aromatic heterocycles. The van der Waals surface area contributed by atoms with Crippen molar-refractivity contribution in [3.63, 3.8) is 0 Å². The molecule has 2 aliphatic rings. The quantitative estimate of drug-likeness (QED) is 0.709. The van der Waals surface area contributed by atoms with Crippen molar-refractivity contribution in [2.75, 3.05) is 12.9 Å². The number of H-pyrrole nitrogens is 1. The fourth-order valence-corrected chi connectivity index (χ4v) is 3.69. The van der Waals surface area contributed by atoms with Crippen LogP contribution in [0.25, 0.3) is 11.4 Å². The van der Waals surface area contributed by atoms with E-state index < -0.39 is 0 Å². The molecule has 2 N–H and O–H groups in total. The molecule has 0 saturated heterocycles. The molecule has 0 unspecified atom stereocenters. The highest BCUT2D eigenvalue weighted by Gasteiger charge is 2.42. The highest BCUT2D eigenvalue weighted by molar-refractivity contribution is 7.99. The van der Waals surface area contributed by atoms with Crippen molar-refractivity contribution in [1.82, 2.24) is 20.5 Å². The molecule has 132 valence electrons. The van der Waals surface area contributed by atoms with Gasteiger partial charge in [0.15, 0.2) is 5.82 Å². The van der Waals surface area contributed by atoms with E-state index in [0.717, 1.165) is 11.3 Å². The van der Waals surface area contributed by atoms with E-state index in [1.165, 1.54) is 37.4 Å². The Morgan fingerprint density at radius 1 is 1.28 bits per heavy atom. The van der Waals surface area contributed by atoms with Crippen molar-refractivity contribution in [2.45, 2.75) is 36.9 Å². The number of hydrogen-bond donors (Lipinski definition) is 2. The molecule has 25 heavy (non-hydrogen) atoms. The normalized spacial score (nSPS) is 16.9. The highest BCUT2D eigenvalue weighted by Crippen LogP contribution is 2.44. The topological polar surface area (TPSA) is 79.9 Å². The molecule has 2 fully saturated rings. The number of carbonyl (C=O) groups excluding carboxylic acids is 1. The summed E-state index contributed by atoms with van der Waals surface area (Å²) in [6, 6.07) is 8.02. The molecule has 1 aromatic carbocycles. The van der Waals surface area contributed by atoms with Gasteiger partial charge in [0.25, 0.3) is 0 Å². The fraction of sp³-hybridized carbons (Fsp3) is 0.500. The number of nitrogens with zero attached hydrogens (tertiary/aromatic N) is 2. The van der Waals surface area contributed by atoms with Crippen LogP contribution < -0.4 is 10.1 Å². The molecular weight excluding hydrogens is 336 g/mol. The molecule has 2 aliphatic carbocycles. The smallest absolute Gasteiger partial charge is 0.230 e. The molecule has 1 heterocycles. The summed E-state index contributed by atoms with van der Waals surface area (Å²) in [6.07, 6.45) is 5.06. The Morgan fingerprint density at radius 2 is 1.96 bits per heavy atom. The van der Waals surface area contributed by atoms with Crippen molar-refractivity contribution < 1.29 is 9.53 Å². The third-order valence-corrected chi connectivity index (χ3v) is 5.60. The Hall–Kier alpha value is -2.02. The Morgan fingerprint density at radius 3 is 2.56 bits per heavy atom. The average Bonchev–Trinajstić information content (AvgIpc) is 3.57. The van der Waals surface area contributed by atoms with E-state index >= 15 is 0 Å². The van der Waals surface area contributed by atoms with E-state index in [-0.39, 0.29) is 5.91 Å². The lowest BCUT2D eigenvalue weighted by molar-refractivity contribution is -0.119. The second kappa shape index (κ2) is 7.07. The van der Waals surface area contributed by atoms with E-state index in [1.807, 2.05) is 24.3 Å². The molecular formula is C18H22N4O2S. The van der Waals surface area contributed by atoms with Crippen molar-refractivity contribution >= 4 is 17.7 Å². The van der Waals surface area contributed by atoms with Gasteiger partial charge in [-0.25, -0.2) is 4.98 Å². The number of benzene rings is 1. The molecule has 2 saturated carbocycles. The SMILES string of the molecule is COc1ccc(-c2nc(SCC(=O)NC(C3CC3)C3CC3)n[nH]2)cc1. The van der Waals surface area contributed by atoms with E-state index in [4.69, 9.17) is 4.74 Å². The second-order valence-electron chi connectivity index (χ2n) is 6.75. The second-order valence-corrected chi connectivity index (χ2v) is 7.69. The van der Waals surface area contributed by atoms with Crippen LogP contribution in [0.5, 0.6) is 5.75 Å². The summed E-state index contributed by atoms with van der Waals surface area (Å²) in [5.41, 5.74) is 0.937. The third-order valence-electron chi connectivity index (χ3n) is 4.75. The zero-order valence-corrected chi connectivity index (χ0v) is 15.0. The number of methoxy groups -OCH3 is 1. The number of ether oxygens (including phenoxy) is 1. The van der Waals surface area contributed by atoms with Gasteiger partial charge < -0.3 is 10.1 Å². The van der Waals surface area contributed by atoms with Gasteiger partial charge in [-0.3, -0.25) is 9.89 Å². The van der Waals surface area contributed by atoms with Crippen LogP contribution in [0, 0.1) is 11.8 Å². The van der Waals surface area contributed by atoms with Gasteiger partial charge >= 0.3 is 0 Å². The predicted molar refractivity (Wildman–Crippen MR) is 96.5 cm³/mol. The van der Waals surface area contributed by atoms with Gasteiger partial charge in [-0.05, 0) is 61.8 Å². The lowest BCUT2D eigenvalue weighted by Crippen LogP contribution is -2.39. The number of aromatic amines is 1. The molecule has 0 bridgehead atoms. The van der Waals surface area contributed by atoms with Gasteiger partial charge in [0.05, 0.1) is 12.9 Å². The number of amides is 1. The maximum absolute atomic E-state index is 12.2. The fourth-order valence-electron chi connectivity index (χ4n) is 3.08. The highest BCUT2D eigenvalue weighted by atomic mass is 32.2. The Kier molecular flexibility index (Phi) is 4.65. The molecule has 0 atom stereocenters. The predicted octanol–water partition coefficient (Wildman–Crippen LogP) is 2.88. The van der Waals surface area contributed by atoms with Crippen LogP contribution in [0.4, 0.5) is 0 Å². The van der Waals surface area contributed by atoms with E-state index in [1.54, 1.807) is 7.11 Å². The zero-order valence-electron chi connectivity index (χ0n) is 14.2. The summed E-state index contributed by atoms with van der Waals surface area (Å²) < 4.78 is 5.15. The molecule has 1 amide bonds. The number of aromatic nitrogens is 3. The van der Waals surface area contributed by atoms with Gasteiger partial charge in [0.2, 0.25) is 11.1 Å². The Labute approximate surface area is 151 Å². The minimum atomic E-state index is 0.0876. The van der Waals surface area contributed by atoms with Gasteiger partial charge in [-0.2, -0.15) is 0 Å². The van der Waals surface area contributed by atoms with Crippen molar-refractivity contribution in [3.8, 4) is 17.1 Å². The summed E-state index contributed by atoms with van der Waals surface area (Å²) in [5, 5.41) is 10.9. The van der Waals surface area contributed by atoms with E-state index in [2.05, 4.69) is 20.5 Å². The first kappa shape index (κ1) is 16.4. The molecule has 6 nitrogen and oxygen atoms in total. The average molecular weight is 358 g/mol. The first-order chi connectivity index (χ1) is 12.2. The Bertz CT molecular complexity index is 726. The van der Waals surface area contributed by atoms with Crippen LogP contribution in [0.15, 0.2) is 29.4 Å². The molecule has 0 spiro atoms. The van der Waals surface area contributed by atoms with Crippen LogP contribution in [0.1, 0.15) is 25.7 Å². The van der Waals surface area contributed by atoms with Gasteiger partial charge in [0, 0.05) is 11.6 Å². The van der Waals surface area contributed by atoms with E-state index in [9.17, 15) is 4.79 Å². The summed E-state index contributed by atoms with van der Waals surface area (Å²) in [7, 11) is 1.64. The minimum Gasteiger partial charge on any atom is -0.497 e.